The summed E-state index contributed by atoms with van der Waals surface area (Å²) in [6.45, 7) is 2.59. The van der Waals surface area contributed by atoms with E-state index in [1.165, 1.54) is 16.9 Å². The van der Waals surface area contributed by atoms with Crippen LogP contribution in [0.3, 0.4) is 0 Å². The van der Waals surface area contributed by atoms with Crippen molar-refractivity contribution in [1.82, 2.24) is 15.5 Å². The number of hydrogen-bond donors (Lipinski definition) is 3. The third-order valence-corrected chi connectivity index (χ3v) is 4.14. The number of aliphatic hydroxyl groups is 1. The van der Waals surface area contributed by atoms with E-state index in [1.807, 2.05) is 18.2 Å². The van der Waals surface area contributed by atoms with Crippen molar-refractivity contribution in [1.29, 1.82) is 0 Å². The number of nitrogens with zero attached hydrogens (tertiary/aromatic N) is 2. The van der Waals surface area contributed by atoms with E-state index < -0.39 is 0 Å². The average Bonchev–Trinajstić information content (AvgIpc) is 2.97. The number of aromatic nitrogens is 2. The van der Waals surface area contributed by atoms with Crippen LogP contribution in [-0.4, -0.2) is 34.5 Å². The fraction of sp³-hybridized carbons (Fsp3) is 0.400. The summed E-state index contributed by atoms with van der Waals surface area (Å²) in [5.74, 6) is 0.187. The molecule has 2 rings (SSSR count). The minimum Gasteiger partial charge on any atom is -0.396 e. The average molecular weight is 320 g/mol. The van der Waals surface area contributed by atoms with Gasteiger partial charge in [-0.2, -0.15) is 0 Å². The first kappa shape index (κ1) is 16.4. The van der Waals surface area contributed by atoms with Crippen LogP contribution in [0.1, 0.15) is 36.3 Å². The van der Waals surface area contributed by atoms with E-state index in [0.29, 0.717) is 18.1 Å². The molecule has 1 aromatic carbocycles. The number of carbonyl (C=O) groups excluding carboxylic acids is 1. The van der Waals surface area contributed by atoms with Crippen LogP contribution < -0.4 is 10.6 Å². The fourth-order valence-electron chi connectivity index (χ4n) is 2.09. The highest BCUT2D eigenvalue weighted by molar-refractivity contribution is 7.15. The molecule has 1 aromatic heterocycles. The first-order valence-corrected chi connectivity index (χ1v) is 8.10. The van der Waals surface area contributed by atoms with Crippen molar-refractivity contribution >= 4 is 22.5 Å². The molecule has 118 valence electrons. The van der Waals surface area contributed by atoms with Crippen LogP contribution in [0.25, 0.3) is 0 Å². The zero-order chi connectivity index (χ0) is 15.8. The molecule has 0 saturated carbocycles. The van der Waals surface area contributed by atoms with Gasteiger partial charge in [0.2, 0.25) is 5.13 Å². The summed E-state index contributed by atoms with van der Waals surface area (Å²) in [7, 11) is 0. The Kier molecular flexibility index (Phi) is 6.29. The van der Waals surface area contributed by atoms with Crippen molar-refractivity contribution in [2.45, 2.75) is 25.7 Å². The number of rotatable bonds is 7. The van der Waals surface area contributed by atoms with Gasteiger partial charge in [-0.05, 0) is 18.4 Å². The summed E-state index contributed by atoms with van der Waals surface area (Å²) in [4.78, 5) is 11.6. The highest BCUT2D eigenvalue weighted by Gasteiger charge is 2.17. The summed E-state index contributed by atoms with van der Waals surface area (Å²) >= 11 is 1.38. The highest BCUT2D eigenvalue weighted by atomic mass is 32.1. The minimum atomic E-state index is -0.330. The number of nitrogens with one attached hydrogen (secondary N) is 2. The number of amides is 2. The van der Waals surface area contributed by atoms with E-state index in [1.54, 1.807) is 0 Å². The lowest BCUT2D eigenvalue weighted by molar-refractivity contribution is 0.249. The second-order valence-electron chi connectivity index (χ2n) is 4.78. The van der Waals surface area contributed by atoms with Gasteiger partial charge in [-0.3, -0.25) is 5.32 Å². The lowest BCUT2D eigenvalue weighted by Gasteiger charge is -2.11. The van der Waals surface area contributed by atoms with Crippen LogP contribution in [-0.2, 0) is 0 Å². The topological polar surface area (TPSA) is 87.1 Å². The molecule has 2 amide bonds. The zero-order valence-electron chi connectivity index (χ0n) is 12.5. The second-order valence-corrected chi connectivity index (χ2v) is 5.78. The number of anilines is 1. The Morgan fingerprint density at radius 2 is 2.09 bits per heavy atom. The van der Waals surface area contributed by atoms with E-state index in [0.717, 1.165) is 11.4 Å². The van der Waals surface area contributed by atoms with Crippen molar-refractivity contribution in [2.75, 3.05) is 18.5 Å². The Balaban J connectivity index is 1.99. The summed E-state index contributed by atoms with van der Waals surface area (Å²) in [5, 5.41) is 23.6. The molecule has 0 radical (unpaired) electrons. The smallest absolute Gasteiger partial charge is 0.321 e. The molecule has 0 spiro atoms. The maximum Gasteiger partial charge on any atom is 0.321 e. The summed E-state index contributed by atoms with van der Waals surface area (Å²) in [5.41, 5.74) is 1.19. The summed E-state index contributed by atoms with van der Waals surface area (Å²) in [6, 6.07) is 9.82. The molecule has 0 saturated heterocycles. The van der Waals surface area contributed by atoms with Crippen LogP contribution in [0.4, 0.5) is 9.93 Å². The van der Waals surface area contributed by atoms with Gasteiger partial charge in [0.25, 0.3) is 0 Å². The Morgan fingerprint density at radius 3 is 2.77 bits per heavy atom. The predicted octanol–water partition coefficient (Wildman–Crippen LogP) is 2.58. The van der Waals surface area contributed by atoms with Crippen molar-refractivity contribution in [2.24, 2.45) is 0 Å². The first-order chi connectivity index (χ1) is 10.7. The molecule has 22 heavy (non-hydrogen) atoms. The minimum absolute atomic E-state index is 0.0541. The number of hydrogen-bond acceptors (Lipinski definition) is 5. The SMILES string of the molecule is CCC(c1ccccc1)c1nnc(NC(=O)NCCCO)s1. The van der Waals surface area contributed by atoms with Gasteiger partial charge in [0.15, 0.2) is 0 Å². The van der Waals surface area contributed by atoms with Crippen LogP contribution in [0.2, 0.25) is 0 Å². The molecule has 1 unspecified atom stereocenters. The van der Waals surface area contributed by atoms with Crippen LogP contribution in [0, 0.1) is 0 Å². The van der Waals surface area contributed by atoms with Crippen LogP contribution in [0.5, 0.6) is 0 Å². The van der Waals surface area contributed by atoms with E-state index >= 15 is 0 Å². The summed E-state index contributed by atoms with van der Waals surface area (Å²) in [6.07, 6.45) is 1.45. The molecule has 0 fully saturated rings. The number of aliphatic hydroxyl groups excluding tert-OH is 1. The molecule has 1 heterocycles. The number of carbonyl (C=O) groups is 1. The molecular formula is C15H20N4O2S. The third-order valence-electron chi connectivity index (χ3n) is 3.19. The number of benzene rings is 1. The maximum absolute atomic E-state index is 11.6. The van der Waals surface area contributed by atoms with E-state index in [9.17, 15) is 4.79 Å². The standard InChI is InChI=1S/C15H20N4O2S/c1-2-12(11-7-4-3-5-8-11)13-18-19-15(22-13)17-14(21)16-9-6-10-20/h3-5,7-8,12,20H,2,6,9-10H2,1H3,(H2,16,17,19,21). The van der Waals surface area contributed by atoms with Crippen molar-refractivity contribution < 1.29 is 9.90 Å². The van der Waals surface area contributed by atoms with Gasteiger partial charge in [-0.25, -0.2) is 4.79 Å². The van der Waals surface area contributed by atoms with Gasteiger partial charge in [0.05, 0.1) is 0 Å². The molecular weight excluding hydrogens is 300 g/mol. The third kappa shape index (κ3) is 4.51. The predicted molar refractivity (Wildman–Crippen MR) is 87.2 cm³/mol. The van der Waals surface area contributed by atoms with Crippen molar-refractivity contribution in [3.8, 4) is 0 Å². The maximum atomic E-state index is 11.6. The highest BCUT2D eigenvalue weighted by Crippen LogP contribution is 2.31. The van der Waals surface area contributed by atoms with Gasteiger partial charge < -0.3 is 10.4 Å². The lowest BCUT2D eigenvalue weighted by Crippen LogP contribution is -2.29. The molecule has 0 aliphatic rings. The van der Waals surface area contributed by atoms with Crippen LogP contribution >= 0.6 is 11.3 Å². The second kappa shape index (κ2) is 8.45. The Labute approximate surface area is 133 Å². The van der Waals surface area contributed by atoms with Crippen molar-refractivity contribution in [3.05, 3.63) is 40.9 Å². The molecule has 7 heteroatoms. The van der Waals surface area contributed by atoms with E-state index in [-0.39, 0.29) is 18.6 Å². The monoisotopic (exact) mass is 320 g/mol. The molecule has 1 atom stereocenters. The zero-order valence-corrected chi connectivity index (χ0v) is 13.3. The molecule has 2 aromatic rings. The lowest BCUT2D eigenvalue weighted by atomic mass is 9.97. The molecule has 0 aliphatic carbocycles. The number of urea groups is 1. The summed E-state index contributed by atoms with van der Waals surface area (Å²) < 4.78 is 0. The molecule has 6 nitrogen and oxygen atoms in total. The normalized spacial score (nSPS) is 11.9. The molecule has 0 bridgehead atoms. The van der Waals surface area contributed by atoms with Crippen LogP contribution in [0.15, 0.2) is 30.3 Å². The largest absolute Gasteiger partial charge is 0.396 e. The molecule has 3 N–H and O–H groups in total. The van der Waals surface area contributed by atoms with E-state index in [4.69, 9.17) is 5.11 Å². The van der Waals surface area contributed by atoms with Gasteiger partial charge in [0.1, 0.15) is 5.01 Å². The van der Waals surface area contributed by atoms with Gasteiger partial charge in [-0.1, -0.05) is 48.6 Å². The van der Waals surface area contributed by atoms with Gasteiger partial charge >= 0.3 is 6.03 Å². The fourth-order valence-corrected chi connectivity index (χ4v) is 3.04. The van der Waals surface area contributed by atoms with Crippen molar-refractivity contribution in [3.63, 3.8) is 0 Å². The Hall–Kier alpha value is -1.99. The van der Waals surface area contributed by atoms with Gasteiger partial charge in [-0.15, -0.1) is 10.2 Å². The van der Waals surface area contributed by atoms with E-state index in [2.05, 4.69) is 39.9 Å². The Morgan fingerprint density at radius 1 is 1.32 bits per heavy atom. The first-order valence-electron chi connectivity index (χ1n) is 7.28. The quantitative estimate of drug-likeness (QED) is 0.684. The van der Waals surface area contributed by atoms with Gasteiger partial charge in [0, 0.05) is 19.1 Å². The molecule has 0 aliphatic heterocycles. The Bertz CT molecular complexity index is 588.